The highest BCUT2D eigenvalue weighted by molar-refractivity contribution is 7.23. The number of hydrogen-bond acceptors (Lipinski definition) is 4. The first-order valence-electron chi connectivity index (χ1n) is 5.49. The Morgan fingerprint density at radius 3 is 2.94 bits per heavy atom. The maximum atomic E-state index is 12.5. The van der Waals surface area contributed by atoms with Crippen molar-refractivity contribution in [3.8, 4) is 0 Å². The number of rotatable bonds is 0. The van der Waals surface area contributed by atoms with Crippen molar-refractivity contribution >= 4 is 37.5 Å². The lowest BCUT2D eigenvalue weighted by molar-refractivity contribution is 1.14. The fourth-order valence-corrected chi connectivity index (χ4v) is 3.12. The van der Waals surface area contributed by atoms with Gasteiger partial charge in [0.1, 0.15) is 0 Å². The largest absolute Gasteiger partial charge is 0.268 e. The van der Waals surface area contributed by atoms with E-state index in [0.717, 1.165) is 10.2 Å². The van der Waals surface area contributed by atoms with E-state index in [2.05, 4.69) is 9.97 Å². The summed E-state index contributed by atoms with van der Waals surface area (Å²) < 4.78 is 2.71. The second kappa shape index (κ2) is 3.36. The van der Waals surface area contributed by atoms with Crippen molar-refractivity contribution in [3.05, 3.63) is 52.9 Å². The van der Waals surface area contributed by atoms with Crippen molar-refractivity contribution < 1.29 is 0 Å². The summed E-state index contributed by atoms with van der Waals surface area (Å²) in [6.45, 7) is 0. The molecule has 0 radical (unpaired) electrons. The van der Waals surface area contributed by atoms with Crippen LogP contribution in [-0.2, 0) is 0 Å². The fourth-order valence-electron chi connectivity index (χ4n) is 2.11. The fraction of sp³-hybridized carbons (Fsp3) is 0. The summed E-state index contributed by atoms with van der Waals surface area (Å²) in [7, 11) is 0. The number of hydrogen-bond donors (Lipinski definition) is 0. The van der Waals surface area contributed by atoms with Gasteiger partial charge in [0.05, 0.1) is 15.6 Å². The first-order chi connectivity index (χ1) is 8.84. The average Bonchev–Trinajstić information content (AvgIpc) is 2.77. The summed E-state index contributed by atoms with van der Waals surface area (Å²) in [6.07, 6.45) is 1.65. The van der Waals surface area contributed by atoms with Gasteiger partial charge >= 0.3 is 0 Å². The van der Waals surface area contributed by atoms with E-state index in [9.17, 15) is 4.79 Å². The van der Waals surface area contributed by atoms with Crippen molar-refractivity contribution in [3.63, 3.8) is 0 Å². The second-order valence-corrected chi connectivity index (χ2v) is 4.99. The molecule has 4 aromatic rings. The van der Waals surface area contributed by atoms with Gasteiger partial charge in [0.2, 0.25) is 0 Å². The molecule has 0 atom stereocenters. The third-order valence-corrected chi connectivity index (χ3v) is 3.94. The van der Waals surface area contributed by atoms with Gasteiger partial charge in [0.25, 0.3) is 5.56 Å². The minimum absolute atomic E-state index is 0.0550. The van der Waals surface area contributed by atoms with Crippen LogP contribution >= 0.6 is 11.3 Å². The molecule has 18 heavy (non-hydrogen) atoms. The third-order valence-electron chi connectivity index (χ3n) is 2.92. The summed E-state index contributed by atoms with van der Waals surface area (Å²) in [5.74, 6) is 0. The molecule has 4 rings (SSSR count). The van der Waals surface area contributed by atoms with Crippen molar-refractivity contribution in [2.45, 2.75) is 0 Å². The van der Waals surface area contributed by atoms with Crippen LogP contribution in [0.1, 0.15) is 0 Å². The summed E-state index contributed by atoms with van der Waals surface area (Å²) in [6, 6.07) is 11.3. The zero-order valence-electron chi connectivity index (χ0n) is 9.20. The van der Waals surface area contributed by atoms with Crippen LogP contribution in [0.3, 0.4) is 0 Å². The molecular formula is C13H7N3OS. The lowest BCUT2D eigenvalue weighted by atomic mass is 10.3. The molecule has 0 aliphatic heterocycles. The molecule has 0 saturated heterocycles. The number of thiazole rings is 1. The smallest absolute Gasteiger partial charge is 0.268 e. The molecule has 0 amide bonds. The van der Waals surface area contributed by atoms with Crippen LogP contribution in [0.2, 0.25) is 0 Å². The predicted octanol–water partition coefficient (Wildman–Crippen LogP) is 2.46. The molecule has 0 N–H and O–H groups in total. The molecule has 0 fully saturated rings. The monoisotopic (exact) mass is 253 g/mol. The van der Waals surface area contributed by atoms with Crippen LogP contribution in [0.4, 0.5) is 0 Å². The van der Waals surface area contributed by atoms with Crippen LogP contribution in [0.5, 0.6) is 0 Å². The van der Waals surface area contributed by atoms with Gasteiger partial charge in [-0.1, -0.05) is 23.5 Å². The zero-order chi connectivity index (χ0) is 12.1. The Morgan fingerprint density at radius 1 is 1.11 bits per heavy atom. The number of pyridine rings is 1. The van der Waals surface area contributed by atoms with Gasteiger partial charge in [-0.3, -0.25) is 9.20 Å². The normalized spacial score (nSPS) is 11.6. The molecule has 5 heteroatoms. The molecule has 0 saturated carbocycles. The molecule has 0 aliphatic rings. The Bertz CT molecular complexity index is 955. The standard InChI is InChI=1S/C13H7N3OS/c17-12-8-4-3-7-14-11(8)15-13-16(12)9-5-1-2-6-10(9)18-13/h1-7H. The topological polar surface area (TPSA) is 47.3 Å². The Balaban J connectivity index is 2.39. The van der Waals surface area contributed by atoms with Crippen LogP contribution in [0.15, 0.2) is 47.4 Å². The van der Waals surface area contributed by atoms with Gasteiger partial charge in [-0.05, 0) is 24.3 Å². The molecule has 0 bridgehead atoms. The summed E-state index contributed by atoms with van der Waals surface area (Å²) >= 11 is 1.50. The third kappa shape index (κ3) is 1.16. The minimum Gasteiger partial charge on any atom is -0.268 e. The van der Waals surface area contributed by atoms with Gasteiger partial charge in [-0.15, -0.1) is 0 Å². The van der Waals surface area contributed by atoms with E-state index < -0.39 is 0 Å². The first-order valence-corrected chi connectivity index (χ1v) is 6.31. The Morgan fingerprint density at radius 2 is 2.00 bits per heavy atom. The minimum atomic E-state index is -0.0550. The molecule has 3 aromatic heterocycles. The van der Waals surface area contributed by atoms with E-state index in [1.54, 1.807) is 22.7 Å². The van der Waals surface area contributed by atoms with Gasteiger partial charge in [0, 0.05) is 6.20 Å². The van der Waals surface area contributed by atoms with Crippen LogP contribution in [0.25, 0.3) is 26.2 Å². The summed E-state index contributed by atoms with van der Waals surface area (Å²) in [4.78, 5) is 21.7. The van der Waals surface area contributed by atoms with Crippen LogP contribution < -0.4 is 5.56 Å². The summed E-state index contributed by atoms with van der Waals surface area (Å²) in [5, 5.41) is 0.554. The average molecular weight is 253 g/mol. The van der Waals surface area contributed by atoms with Crippen molar-refractivity contribution in [2.75, 3.05) is 0 Å². The quantitative estimate of drug-likeness (QED) is 0.483. The number of para-hydroxylation sites is 1. The number of benzene rings is 1. The van der Waals surface area contributed by atoms with E-state index in [1.165, 1.54) is 11.3 Å². The Kier molecular flexibility index (Phi) is 1.82. The van der Waals surface area contributed by atoms with Crippen LogP contribution in [-0.4, -0.2) is 14.4 Å². The number of fused-ring (bicyclic) bond motifs is 4. The van der Waals surface area contributed by atoms with Crippen molar-refractivity contribution in [2.24, 2.45) is 0 Å². The predicted molar refractivity (Wildman–Crippen MR) is 72.1 cm³/mol. The molecule has 1 aromatic carbocycles. The Hall–Kier alpha value is -2.27. The Labute approximate surface area is 105 Å². The maximum absolute atomic E-state index is 12.5. The van der Waals surface area contributed by atoms with E-state index in [0.29, 0.717) is 16.0 Å². The highest BCUT2D eigenvalue weighted by atomic mass is 32.1. The number of nitrogens with zero attached hydrogens (tertiary/aromatic N) is 3. The van der Waals surface area contributed by atoms with E-state index in [1.807, 2.05) is 24.3 Å². The van der Waals surface area contributed by atoms with Gasteiger partial charge in [0.15, 0.2) is 10.6 Å². The second-order valence-electron chi connectivity index (χ2n) is 3.98. The zero-order valence-corrected chi connectivity index (χ0v) is 10.0. The number of aromatic nitrogens is 3. The lowest BCUT2D eigenvalue weighted by Crippen LogP contribution is -2.13. The van der Waals surface area contributed by atoms with Gasteiger partial charge in [-0.25, -0.2) is 4.98 Å². The highest BCUT2D eigenvalue weighted by Crippen LogP contribution is 2.24. The SMILES string of the molecule is O=c1c2cccnc2nc2sc3ccccc3n12. The summed E-state index contributed by atoms with van der Waals surface area (Å²) in [5.41, 5.74) is 1.36. The molecule has 0 unspecified atom stereocenters. The molecule has 4 nitrogen and oxygen atoms in total. The van der Waals surface area contributed by atoms with E-state index >= 15 is 0 Å². The maximum Gasteiger partial charge on any atom is 0.268 e. The molecule has 0 aliphatic carbocycles. The van der Waals surface area contributed by atoms with E-state index in [4.69, 9.17) is 0 Å². The molecule has 86 valence electrons. The van der Waals surface area contributed by atoms with Gasteiger partial charge < -0.3 is 0 Å². The molecule has 0 spiro atoms. The molecular weight excluding hydrogens is 246 g/mol. The van der Waals surface area contributed by atoms with Crippen LogP contribution in [0, 0.1) is 0 Å². The lowest BCUT2D eigenvalue weighted by Gasteiger charge is -1.97. The van der Waals surface area contributed by atoms with E-state index in [-0.39, 0.29) is 5.56 Å². The van der Waals surface area contributed by atoms with Crippen molar-refractivity contribution in [1.29, 1.82) is 0 Å². The van der Waals surface area contributed by atoms with Gasteiger partial charge in [-0.2, -0.15) is 4.98 Å². The first kappa shape index (κ1) is 9.73. The highest BCUT2D eigenvalue weighted by Gasteiger charge is 2.10. The van der Waals surface area contributed by atoms with Crippen molar-refractivity contribution in [1.82, 2.24) is 14.4 Å². The molecule has 3 heterocycles.